The Morgan fingerprint density at radius 1 is 0.958 bits per heavy atom. The maximum absolute atomic E-state index is 5.85. The van der Waals surface area contributed by atoms with Gasteiger partial charge in [0.2, 0.25) is 0 Å². The van der Waals surface area contributed by atoms with Crippen molar-refractivity contribution >= 4 is 61.4 Å². The molecule has 0 atom stereocenters. The van der Waals surface area contributed by atoms with Crippen LogP contribution in [0.3, 0.4) is 0 Å². The van der Waals surface area contributed by atoms with Crippen molar-refractivity contribution in [3.63, 3.8) is 0 Å². The molecule has 0 saturated carbocycles. The number of thiophene rings is 2. The molecule has 0 aliphatic carbocycles. The van der Waals surface area contributed by atoms with Crippen molar-refractivity contribution in [1.82, 2.24) is 10.6 Å². The Morgan fingerprint density at radius 2 is 1.67 bits per heavy atom. The van der Waals surface area contributed by atoms with Crippen LogP contribution in [-0.2, 0) is 0 Å². The molecule has 0 radical (unpaired) electrons. The Morgan fingerprint density at radius 3 is 2.17 bits per heavy atom. The van der Waals surface area contributed by atoms with E-state index in [2.05, 4.69) is 56.2 Å². The zero-order valence-corrected chi connectivity index (χ0v) is 17.3. The first-order chi connectivity index (χ1) is 11.7. The van der Waals surface area contributed by atoms with Crippen molar-refractivity contribution in [1.29, 1.82) is 0 Å². The van der Waals surface area contributed by atoms with E-state index in [9.17, 15) is 0 Å². The van der Waals surface area contributed by atoms with Gasteiger partial charge >= 0.3 is 0 Å². The van der Waals surface area contributed by atoms with E-state index in [1.54, 1.807) is 22.7 Å². The standard InChI is InChI=1S/C9H10BrNS.C9H10ClNS/c10-8-3-5-12-9(8)7-2-1-4-11-6-7;10-9-4-3-8(12-9)7-2-1-5-11-6-7/h2-3,5,11H,1,4,6H2;2-4,11H,1,5-6H2. The fourth-order valence-electron chi connectivity index (χ4n) is 2.66. The van der Waals surface area contributed by atoms with E-state index in [4.69, 9.17) is 11.6 Å². The molecule has 2 aromatic rings. The lowest BCUT2D eigenvalue weighted by molar-refractivity contribution is 0.740. The Labute approximate surface area is 164 Å². The first-order valence-corrected chi connectivity index (χ1v) is 10.9. The van der Waals surface area contributed by atoms with E-state index in [0.29, 0.717) is 0 Å². The van der Waals surface area contributed by atoms with Crippen LogP contribution in [0.1, 0.15) is 22.6 Å². The highest BCUT2D eigenvalue weighted by atomic mass is 79.9. The molecular weight excluding hydrogens is 424 g/mol. The summed E-state index contributed by atoms with van der Waals surface area (Å²) in [4.78, 5) is 2.68. The van der Waals surface area contributed by atoms with Crippen LogP contribution in [-0.4, -0.2) is 26.2 Å². The summed E-state index contributed by atoms with van der Waals surface area (Å²) in [5, 5.41) is 8.83. The van der Waals surface area contributed by atoms with Crippen LogP contribution < -0.4 is 10.6 Å². The van der Waals surface area contributed by atoms with Gasteiger partial charge in [0.05, 0.1) is 4.34 Å². The summed E-state index contributed by atoms with van der Waals surface area (Å²) in [6, 6.07) is 6.15. The molecule has 0 bridgehead atoms. The summed E-state index contributed by atoms with van der Waals surface area (Å²) in [7, 11) is 0. The van der Waals surface area contributed by atoms with Gasteiger partial charge in [-0.15, -0.1) is 22.7 Å². The number of nitrogens with one attached hydrogen (secondary N) is 2. The minimum atomic E-state index is 0.872. The van der Waals surface area contributed by atoms with Gasteiger partial charge < -0.3 is 10.6 Å². The number of hydrogen-bond donors (Lipinski definition) is 2. The molecule has 0 unspecified atom stereocenters. The Kier molecular flexibility index (Phi) is 7.13. The maximum Gasteiger partial charge on any atom is 0.0934 e. The van der Waals surface area contributed by atoms with E-state index in [0.717, 1.165) is 43.4 Å². The first kappa shape index (κ1) is 18.4. The van der Waals surface area contributed by atoms with Gasteiger partial charge in [0, 0.05) is 27.3 Å². The molecule has 2 aromatic heterocycles. The van der Waals surface area contributed by atoms with E-state index in [1.807, 2.05) is 6.07 Å². The highest BCUT2D eigenvalue weighted by Crippen LogP contribution is 2.30. The zero-order valence-electron chi connectivity index (χ0n) is 13.3. The second-order valence-corrected chi connectivity index (χ2v) is 9.08. The number of halogens is 2. The van der Waals surface area contributed by atoms with Gasteiger partial charge in [-0.3, -0.25) is 0 Å². The molecular formula is C18H20BrClN2S2. The SMILES string of the molecule is Brc1ccsc1C1=CCCNC1.Clc1ccc(C2=CCCNC2)s1. The van der Waals surface area contributed by atoms with E-state index < -0.39 is 0 Å². The minimum absolute atomic E-state index is 0.872. The second kappa shape index (κ2) is 9.32. The normalized spacial score (nSPS) is 17.6. The molecule has 2 aliphatic rings. The molecule has 0 saturated heterocycles. The molecule has 0 amide bonds. The summed E-state index contributed by atoms with van der Waals surface area (Å²) < 4.78 is 2.10. The zero-order chi connectivity index (χ0) is 16.8. The van der Waals surface area contributed by atoms with Gasteiger partial charge in [0.25, 0.3) is 0 Å². The summed E-state index contributed by atoms with van der Waals surface area (Å²) in [6.45, 7) is 4.21. The van der Waals surface area contributed by atoms with Gasteiger partial charge in [-0.25, -0.2) is 0 Å². The average Bonchev–Trinajstić information content (AvgIpc) is 3.25. The summed E-state index contributed by atoms with van der Waals surface area (Å²) in [6.07, 6.45) is 6.90. The van der Waals surface area contributed by atoms with Crippen molar-refractivity contribution in [2.24, 2.45) is 0 Å². The van der Waals surface area contributed by atoms with E-state index >= 15 is 0 Å². The lowest BCUT2D eigenvalue weighted by atomic mass is 10.1. The molecule has 24 heavy (non-hydrogen) atoms. The fourth-order valence-corrected chi connectivity index (χ4v) is 5.41. The van der Waals surface area contributed by atoms with Crippen LogP contribution in [0.4, 0.5) is 0 Å². The predicted molar refractivity (Wildman–Crippen MR) is 112 cm³/mol. The third-order valence-corrected chi connectivity index (χ3v) is 7.07. The van der Waals surface area contributed by atoms with Crippen LogP contribution in [0.15, 0.2) is 40.2 Å². The molecule has 128 valence electrons. The highest BCUT2D eigenvalue weighted by Gasteiger charge is 2.09. The molecule has 2 N–H and O–H groups in total. The van der Waals surface area contributed by atoms with Gasteiger partial charge in [-0.1, -0.05) is 23.8 Å². The Bertz CT molecular complexity index is 733. The van der Waals surface area contributed by atoms with E-state index in [1.165, 1.54) is 25.4 Å². The minimum Gasteiger partial charge on any atom is -0.312 e. The quantitative estimate of drug-likeness (QED) is 0.625. The number of rotatable bonds is 2. The highest BCUT2D eigenvalue weighted by molar-refractivity contribution is 9.10. The lowest BCUT2D eigenvalue weighted by Gasteiger charge is -2.12. The van der Waals surface area contributed by atoms with Crippen molar-refractivity contribution in [2.75, 3.05) is 26.2 Å². The Hall–Kier alpha value is -0.430. The van der Waals surface area contributed by atoms with Crippen LogP contribution >= 0.6 is 50.2 Å². The summed E-state index contributed by atoms with van der Waals surface area (Å²) in [5.41, 5.74) is 2.82. The van der Waals surface area contributed by atoms with Crippen molar-refractivity contribution in [3.05, 3.63) is 54.3 Å². The predicted octanol–water partition coefficient (Wildman–Crippen LogP) is 5.67. The topological polar surface area (TPSA) is 24.1 Å². The Balaban J connectivity index is 0.000000141. The van der Waals surface area contributed by atoms with Crippen molar-refractivity contribution < 1.29 is 0 Å². The van der Waals surface area contributed by atoms with Gasteiger partial charge in [-0.2, -0.15) is 0 Å². The van der Waals surface area contributed by atoms with Gasteiger partial charge in [0.15, 0.2) is 0 Å². The van der Waals surface area contributed by atoms with Crippen LogP contribution in [0, 0.1) is 0 Å². The summed E-state index contributed by atoms with van der Waals surface area (Å²) in [5.74, 6) is 0. The third-order valence-electron chi connectivity index (χ3n) is 3.85. The average molecular weight is 444 g/mol. The maximum atomic E-state index is 5.85. The largest absolute Gasteiger partial charge is 0.312 e. The van der Waals surface area contributed by atoms with E-state index in [-0.39, 0.29) is 0 Å². The van der Waals surface area contributed by atoms with Gasteiger partial charge in [-0.05, 0) is 76.6 Å². The lowest BCUT2D eigenvalue weighted by Crippen LogP contribution is -2.21. The molecule has 0 spiro atoms. The monoisotopic (exact) mass is 442 g/mol. The second-order valence-electron chi connectivity index (χ2n) is 5.59. The fraction of sp³-hybridized carbons (Fsp3) is 0.333. The number of hydrogen-bond acceptors (Lipinski definition) is 4. The summed E-state index contributed by atoms with van der Waals surface area (Å²) >= 11 is 12.8. The molecule has 4 heterocycles. The van der Waals surface area contributed by atoms with Crippen LogP contribution in [0.2, 0.25) is 4.34 Å². The molecule has 0 fully saturated rings. The molecule has 2 nitrogen and oxygen atoms in total. The van der Waals surface area contributed by atoms with Crippen molar-refractivity contribution in [3.8, 4) is 0 Å². The van der Waals surface area contributed by atoms with Gasteiger partial charge in [0.1, 0.15) is 0 Å². The smallest absolute Gasteiger partial charge is 0.0934 e. The molecule has 4 rings (SSSR count). The third kappa shape index (κ3) is 5.04. The van der Waals surface area contributed by atoms with Crippen molar-refractivity contribution in [2.45, 2.75) is 12.8 Å². The molecule has 6 heteroatoms. The van der Waals surface area contributed by atoms with Crippen LogP contribution in [0.25, 0.3) is 11.1 Å². The molecule has 2 aliphatic heterocycles. The first-order valence-electron chi connectivity index (χ1n) is 8.02. The van der Waals surface area contributed by atoms with Crippen LogP contribution in [0.5, 0.6) is 0 Å². The molecule has 0 aromatic carbocycles.